The summed E-state index contributed by atoms with van der Waals surface area (Å²) in [5.74, 6) is 0.945. The van der Waals surface area contributed by atoms with Crippen LogP contribution in [0.1, 0.15) is 67.3 Å². The monoisotopic (exact) mass is 609 g/mol. The highest BCUT2D eigenvalue weighted by atomic mass is 16.5. The lowest BCUT2D eigenvalue weighted by Crippen LogP contribution is -2.55. The van der Waals surface area contributed by atoms with Gasteiger partial charge in [-0.3, -0.25) is 9.69 Å². The predicted octanol–water partition coefficient (Wildman–Crippen LogP) is 3.91. The fraction of sp³-hybridized carbons (Fsp3) is 0.611. The van der Waals surface area contributed by atoms with Crippen LogP contribution in [0.5, 0.6) is 6.01 Å². The highest BCUT2D eigenvalue weighted by Gasteiger charge is 2.43. The Morgan fingerprint density at radius 1 is 1.07 bits per heavy atom. The Morgan fingerprint density at radius 3 is 2.73 bits per heavy atom. The first-order chi connectivity index (χ1) is 22.0. The van der Waals surface area contributed by atoms with E-state index in [9.17, 15) is 10.1 Å². The Labute approximate surface area is 267 Å². The van der Waals surface area contributed by atoms with Crippen molar-refractivity contribution in [1.29, 1.82) is 5.26 Å². The summed E-state index contributed by atoms with van der Waals surface area (Å²) in [6, 6.07) is 12.0. The van der Waals surface area contributed by atoms with Crippen LogP contribution >= 0.6 is 0 Å². The van der Waals surface area contributed by atoms with Gasteiger partial charge in [0.2, 0.25) is 5.91 Å². The number of carbonyl (C=O) groups excluding carboxylic acids is 1. The van der Waals surface area contributed by atoms with Crippen molar-refractivity contribution in [2.45, 2.75) is 81.7 Å². The van der Waals surface area contributed by atoms with Crippen LogP contribution in [0.25, 0.3) is 0 Å². The van der Waals surface area contributed by atoms with Gasteiger partial charge in [-0.1, -0.05) is 30.3 Å². The molecule has 1 aromatic carbocycles. The Hall–Kier alpha value is -3.48. The van der Waals surface area contributed by atoms with Gasteiger partial charge in [0.1, 0.15) is 12.4 Å². The third-order valence-electron chi connectivity index (χ3n) is 11.2. The van der Waals surface area contributed by atoms with E-state index >= 15 is 0 Å². The minimum absolute atomic E-state index is 0.00496. The number of anilines is 1. The summed E-state index contributed by atoms with van der Waals surface area (Å²) >= 11 is 0. The number of nitriles is 1. The molecule has 0 N–H and O–H groups in total. The Balaban J connectivity index is 1.14. The van der Waals surface area contributed by atoms with Gasteiger partial charge in [0.25, 0.3) is 0 Å². The molecule has 0 bridgehead atoms. The highest BCUT2D eigenvalue weighted by molar-refractivity contribution is 5.88. The molecule has 1 aromatic heterocycles. The second-order valence-corrected chi connectivity index (χ2v) is 13.9. The van der Waals surface area contributed by atoms with E-state index in [0.29, 0.717) is 44.7 Å². The number of ether oxygens (including phenoxy) is 1. The molecule has 3 atom stereocenters. The fourth-order valence-electron chi connectivity index (χ4n) is 8.55. The van der Waals surface area contributed by atoms with Crippen molar-refractivity contribution in [2.24, 2.45) is 0 Å². The maximum atomic E-state index is 13.3. The van der Waals surface area contributed by atoms with Crippen LogP contribution in [0.15, 0.2) is 36.4 Å². The average Bonchev–Trinajstić information content (AvgIpc) is 3.81. The van der Waals surface area contributed by atoms with Crippen LogP contribution < -0.4 is 9.64 Å². The molecule has 9 heteroatoms. The summed E-state index contributed by atoms with van der Waals surface area (Å²) < 4.78 is 6.38. The number of hydrogen-bond acceptors (Lipinski definition) is 8. The summed E-state index contributed by atoms with van der Waals surface area (Å²) in [6.07, 6.45) is 14.0. The Bertz CT molecular complexity index is 1460. The number of aryl methyl sites for hydroxylation is 1. The van der Waals surface area contributed by atoms with Crippen molar-refractivity contribution < 1.29 is 9.53 Å². The molecular formula is C36H47N7O2. The SMILES string of the molecule is CN1CCC[C@H]1COc1nc2c(c(N3CCN(C(=O)/C=C/CN4CCCC4)[C@@H](CC#N)C3)n1)CC[C@@]1(CCc3ccccc31)C2. The van der Waals surface area contributed by atoms with Gasteiger partial charge < -0.3 is 19.4 Å². The van der Waals surface area contributed by atoms with E-state index in [0.717, 1.165) is 76.2 Å². The van der Waals surface area contributed by atoms with Crippen molar-refractivity contribution in [3.63, 3.8) is 0 Å². The minimum atomic E-state index is -0.188. The van der Waals surface area contributed by atoms with E-state index in [-0.39, 0.29) is 17.4 Å². The lowest BCUT2D eigenvalue weighted by Gasteiger charge is -2.42. The molecule has 1 spiro atoms. The number of carbonyl (C=O) groups is 1. The maximum Gasteiger partial charge on any atom is 0.318 e. The third kappa shape index (κ3) is 6.19. The number of hydrogen-bond donors (Lipinski definition) is 0. The van der Waals surface area contributed by atoms with Crippen molar-refractivity contribution >= 4 is 11.7 Å². The smallest absolute Gasteiger partial charge is 0.318 e. The number of likely N-dealkylation sites (tertiary alicyclic amines) is 2. The average molecular weight is 610 g/mol. The zero-order chi connectivity index (χ0) is 30.8. The van der Waals surface area contributed by atoms with Gasteiger partial charge in [-0.15, -0.1) is 0 Å². The maximum absolute atomic E-state index is 13.3. The van der Waals surface area contributed by atoms with Crippen LogP contribution in [0, 0.1) is 11.3 Å². The largest absolute Gasteiger partial charge is 0.462 e. The number of piperazine rings is 1. The van der Waals surface area contributed by atoms with Gasteiger partial charge in [0, 0.05) is 49.3 Å². The van der Waals surface area contributed by atoms with Gasteiger partial charge in [-0.05, 0) is 95.6 Å². The lowest BCUT2D eigenvalue weighted by atomic mass is 9.69. The molecular weight excluding hydrogens is 562 g/mol. The number of likely N-dealkylation sites (N-methyl/N-ethyl adjacent to an activating group) is 1. The van der Waals surface area contributed by atoms with Crippen molar-refractivity contribution in [2.75, 3.05) is 64.4 Å². The summed E-state index contributed by atoms with van der Waals surface area (Å²) in [4.78, 5) is 32.4. The van der Waals surface area contributed by atoms with Crippen LogP contribution in [0.4, 0.5) is 5.82 Å². The van der Waals surface area contributed by atoms with E-state index < -0.39 is 0 Å². The second kappa shape index (κ2) is 13.1. The molecule has 0 saturated carbocycles. The van der Waals surface area contributed by atoms with Crippen LogP contribution in [-0.4, -0.2) is 102 Å². The Morgan fingerprint density at radius 2 is 1.91 bits per heavy atom. The number of fused-ring (bicyclic) bond motifs is 3. The van der Waals surface area contributed by atoms with Gasteiger partial charge in [0.05, 0.1) is 24.2 Å². The van der Waals surface area contributed by atoms with Crippen LogP contribution in [0.2, 0.25) is 0 Å². The van der Waals surface area contributed by atoms with Gasteiger partial charge in [-0.2, -0.15) is 15.2 Å². The first-order valence-corrected chi connectivity index (χ1v) is 17.2. The zero-order valence-electron chi connectivity index (χ0n) is 26.8. The highest BCUT2D eigenvalue weighted by Crippen LogP contribution is 2.48. The van der Waals surface area contributed by atoms with Crippen molar-refractivity contribution in [3.8, 4) is 12.1 Å². The molecule has 7 rings (SSSR count). The molecule has 5 aliphatic rings. The van der Waals surface area contributed by atoms with Gasteiger partial charge in [0.15, 0.2) is 0 Å². The minimum Gasteiger partial charge on any atom is -0.462 e. The van der Waals surface area contributed by atoms with E-state index in [4.69, 9.17) is 14.7 Å². The normalized spacial score (nSPS) is 26.8. The summed E-state index contributed by atoms with van der Waals surface area (Å²) in [6.45, 7) is 6.54. The van der Waals surface area contributed by atoms with E-state index in [2.05, 4.69) is 52.1 Å². The molecule has 2 aliphatic carbocycles. The summed E-state index contributed by atoms with van der Waals surface area (Å²) in [5, 5.41) is 9.74. The number of benzene rings is 1. The van der Waals surface area contributed by atoms with Crippen molar-refractivity contribution in [1.82, 2.24) is 24.7 Å². The van der Waals surface area contributed by atoms with Gasteiger partial charge >= 0.3 is 6.01 Å². The molecule has 45 heavy (non-hydrogen) atoms. The molecule has 9 nitrogen and oxygen atoms in total. The van der Waals surface area contributed by atoms with E-state index in [1.165, 1.54) is 36.0 Å². The van der Waals surface area contributed by atoms with E-state index in [1.807, 2.05) is 11.0 Å². The van der Waals surface area contributed by atoms with Crippen molar-refractivity contribution in [3.05, 3.63) is 58.8 Å². The number of amides is 1. The predicted molar refractivity (Wildman–Crippen MR) is 174 cm³/mol. The lowest BCUT2D eigenvalue weighted by molar-refractivity contribution is -0.128. The number of rotatable bonds is 8. The second-order valence-electron chi connectivity index (χ2n) is 13.9. The Kier molecular flexibility index (Phi) is 8.78. The first-order valence-electron chi connectivity index (χ1n) is 17.2. The summed E-state index contributed by atoms with van der Waals surface area (Å²) in [5.41, 5.74) is 5.42. The molecule has 4 heterocycles. The molecule has 2 aromatic rings. The molecule has 0 radical (unpaired) electrons. The fourth-order valence-corrected chi connectivity index (χ4v) is 8.55. The molecule has 1 amide bonds. The third-order valence-corrected chi connectivity index (χ3v) is 11.2. The quantitative estimate of drug-likeness (QED) is 0.417. The molecule has 238 valence electrons. The van der Waals surface area contributed by atoms with Crippen LogP contribution in [0.3, 0.4) is 0 Å². The topological polar surface area (TPSA) is 88.8 Å². The van der Waals surface area contributed by atoms with Gasteiger partial charge in [-0.25, -0.2) is 0 Å². The molecule has 3 saturated heterocycles. The van der Waals surface area contributed by atoms with Crippen LogP contribution in [-0.2, 0) is 29.5 Å². The molecule has 3 fully saturated rings. The number of aromatic nitrogens is 2. The summed E-state index contributed by atoms with van der Waals surface area (Å²) in [7, 11) is 2.17. The van der Waals surface area contributed by atoms with E-state index in [1.54, 1.807) is 6.08 Å². The molecule has 3 aliphatic heterocycles. The first kappa shape index (κ1) is 30.2. The standard InChI is InChI=1S/C36H47N7O2/c1-40-18-6-9-29(40)26-45-35-38-32-24-36(15-12-27-8-2-3-10-31(27)36)16-13-30(32)34(39-35)42-22-23-43(28(25-42)14-17-37)33(44)11-7-21-41-19-4-5-20-41/h2-3,7-8,10-11,28-29H,4-6,9,12-16,18-26H2,1H3/b11-7+/t28-,29-,36-/m0/s1. The molecule has 0 unspecified atom stereocenters. The zero-order valence-corrected chi connectivity index (χ0v) is 26.8. The number of nitrogens with zero attached hydrogens (tertiary/aromatic N) is 7.